The van der Waals surface area contributed by atoms with E-state index in [4.69, 9.17) is 9.47 Å². The van der Waals surface area contributed by atoms with Gasteiger partial charge in [-0.1, -0.05) is 46.8 Å². The molecule has 1 heterocycles. The Bertz CT molecular complexity index is 1100. The van der Waals surface area contributed by atoms with E-state index in [-0.39, 0.29) is 16.7 Å². The number of Topliss-reactive ketones (excluding diaryl/α,β-unsaturated/α-hetero) is 1. The lowest BCUT2D eigenvalue weighted by Gasteiger charge is -2.26. The van der Waals surface area contributed by atoms with Crippen molar-refractivity contribution < 1.29 is 24.2 Å². The molecule has 34 heavy (non-hydrogen) atoms. The van der Waals surface area contributed by atoms with Crippen LogP contribution < -0.4 is 9.47 Å². The summed E-state index contributed by atoms with van der Waals surface area (Å²) in [5.41, 5.74) is 1.95. The van der Waals surface area contributed by atoms with Gasteiger partial charge in [-0.05, 0) is 54.2 Å². The van der Waals surface area contributed by atoms with Crippen molar-refractivity contribution in [1.82, 2.24) is 4.90 Å². The van der Waals surface area contributed by atoms with Crippen molar-refractivity contribution in [1.29, 1.82) is 0 Å². The summed E-state index contributed by atoms with van der Waals surface area (Å²) in [4.78, 5) is 27.7. The van der Waals surface area contributed by atoms with Gasteiger partial charge in [-0.15, -0.1) is 0 Å². The van der Waals surface area contributed by atoms with E-state index in [1.807, 2.05) is 44.2 Å². The van der Waals surface area contributed by atoms with Crippen LogP contribution in [0.2, 0.25) is 0 Å². The molecule has 1 N–H and O–H groups in total. The van der Waals surface area contributed by atoms with Crippen LogP contribution in [0.25, 0.3) is 5.76 Å². The van der Waals surface area contributed by atoms with Gasteiger partial charge in [-0.3, -0.25) is 9.59 Å². The van der Waals surface area contributed by atoms with Crippen molar-refractivity contribution in [3.63, 3.8) is 0 Å². The van der Waals surface area contributed by atoms with Crippen LogP contribution in [-0.4, -0.2) is 42.0 Å². The smallest absolute Gasteiger partial charge is 0.295 e. The first-order valence-electron chi connectivity index (χ1n) is 11.8. The lowest BCUT2D eigenvalue weighted by atomic mass is 9.84. The second-order valence-corrected chi connectivity index (χ2v) is 9.58. The third-order valence-corrected chi connectivity index (χ3v) is 5.93. The molecule has 1 amide bonds. The molecular weight excluding hydrogens is 430 g/mol. The predicted octanol–water partition coefficient (Wildman–Crippen LogP) is 5.61. The second kappa shape index (κ2) is 10.3. The fourth-order valence-electron chi connectivity index (χ4n) is 4.29. The van der Waals surface area contributed by atoms with E-state index in [2.05, 4.69) is 20.8 Å². The summed E-state index contributed by atoms with van der Waals surface area (Å²) in [6, 6.07) is 12.0. The number of aliphatic hydroxyl groups is 1. The Hall–Kier alpha value is -3.28. The molecule has 1 fully saturated rings. The molecule has 1 unspecified atom stereocenters. The van der Waals surface area contributed by atoms with Gasteiger partial charge in [0.25, 0.3) is 11.7 Å². The Morgan fingerprint density at radius 1 is 1.06 bits per heavy atom. The average molecular weight is 466 g/mol. The van der Waals surface area contributed by atoms with Gasteiger partial charge in [0.2, 0.25) is 0 Å². The highest BCUT2D eigenvalue weighted by atomic mass is 16.5. The lowest BCUT2D eigenvalue weighted by Crippen LogP contribution is -2.30. The standard InChI is InChI=1S/C28H35NO5/c1-7-14-29-24(18-10-9-11-20(16-18)34-15-8-2)23(26(31)27(29)32)25(30)19-12-13-22(33-6)21(17-19)28(3,4)5/h9-13,16-17,24,30H,7-8,14-15H2,1-6H3/b25-23+. The number of methoxy groups -OCH3 is 1. The first-order valence-corrected chi connectivity index (χ1v) is 11.8. The maximum Gasteiger partial charge on any atom is 0.295 e. The molecule has 182 valence electrons. The maximum atomic E-state index is 13.2. The van der Waals surface area contributed by atoms with Crippen LogP contribution in [0.4, 0.5) is 0 Å². The molecule has 1 saturated heterocycles. The lowest BCUT2D eigenvalue weighted by molar-refractivity contribution is -0.139. The number of aliphatic hydroxyl groups excluding tert-OH is 1. The van der Waals surface area contributed by atoms with E-state index in [9.17, 15) is 14.7 Å². The largest absolute Gasteiger partial charge is 0.507 e. The molecule has 6 heteroatoms. The van der Waals surface area contributed by atoms with E-state index in [1.165, 1.54) is 0 Å². The van der Waals surface area contributed by atoms with Gasteiger partial charge in [0.15, 0.2) is 0 Å². The highest BCUT2D eigenvalue weighted by Crippen LogP contribution is 2.41. The summed E-state index contributed by atoms with van der Waals surface area (Å²) in [7, 11) is 1.61. The molecular formula is C28H35NO5. The zero-order chi connectivity index (χ0) is 25.0. The first kappa shape index (κ1) is 25.3. The summed E-state index contributed by atoms with van der Waals surface area (Å²) in [5.74, 6) is -0.0921. The number of nitrogens with zero attached hydrogens (tertiary/aromatic N) is 1. The zero-order valence-electron chi connectivity index (χ0n) is 21.0. The highest BCUT2D eigenvalue weighted by molar-refractivity contribution is 6.46. The minimum absolute atomic E-state index is 0.0936. The topological polar surface area (TPSA) is 76.1 Å². The number of carbonyl (C=O) groups is 2. The average Bonchev–Trinajstić information content (AvgIpc) is 3.06. The predicted molar refractivity (Wildman–Crippen MR) is 133 cm³/mol. The minimum atomic E-state index is -0.690. The van der Waals surface area contributed by atoms with Gasteiger partial charge in [0.1, 0.15) is 17.3 Å². The third kappa shape index (κ3) is 4.96. The molecule has 0 spiro atoms. The molecule has 0 radical (unpaired) electrons. The number of ketones is 1. The van der Waals surface area contributed by atoms with Crippen LogP contribution >= 0.6 is 0 Å². The Balaban J connectivity index is 2.19. The minimum Gasteiger partial charge on any atom is -0.507 e. The Labute approximate surface area is 202 Å². The molecule has 2 aromatic rings. The van der Waals surface area contributed by atoms with Crippen molar-refractivity contribution in [2.24, 2.45) is 0 Å². The number of hydrogen-bond donors (Lipinski definition) is 1. The highest BCUT2D eigenvalue weighted by Gasteiger charge is 2.45. The molecule has 3 rings (SSSR count). The molecule has 0 aromatic heterocycles. The number of hydrogen-bond acceptors (Lipinski definition) is 5. The van der Waals surface area contributed by atoms with Gasteiger partial charge in [-0.2, -0.15) is 0 Å². The third-order valence-electron chi connectivity index (χ3n) is 5.93. The van der Waals surface area contributed by atoms with E-state index < -0.39 is 17.7 Å². The molecule has 0 saturated carbocycles. The fraction of sp³-hybridized carbons (Fsp3) is 0.429. The zero-order valence-corrected chi connectivity index (χ0v) is 21.0. The summed E-state index contributed by atoms with van der Waals surface area (Å²) in [6.07, 6.45) is 1.55. The second-order valence-electron chi connectivity index (χ2n) is 9.58. The first-order chi connectivity index (χ1) is 16.1. The molecule has 0 bridgehead atoms. The number of ether oxygens (including phenoxy) is 2. The van der Waals surface area contributed by atoms with Crippen LogP contribution in [0.15, 0.2) is 48.0 Å². The molecule has 1 aliphatic heterocycles. The number of benzene rings is 2. The van der Waals surface area contributed by atoms with Crippen LogP contribution in [0.3, 0.4) is 0 Å². The van der Waals surface area contributed by atoms with Crippen molar-refractivity contribution in [2.75, 3.05) is 20.3 Å². The number of amides is 1. The molecule has 2 aromatic carbocycles. The Kier molecular flexibility index (Phi) is 7.70. The summed E-state index contributed by atoms with van der Waals surface area (Å²) in [6.45, 7) is 11.1. The maximum absolute atomic E-state index is 13.2. The normalized spacial score (nSPS) is 17.8. The van der Waals surface area contributed by atoms with E-state index in [0.29, 0.717) is 36.6 Å². The number of likely N-dealkylation sites (tertiary alicyclic amines) is 1. The van der Waals surface area contributed by atoms with Crippen molar-refractivity contribution in [3.05, 3.63) is 64.7 Å². The fourth-order valence-corrected chi connectivity index (χ4v) is 4.29. The van der Waals surface area contributed by atoms with Crippen molar-refractivity contribution >= 4 is 17.4 Å². The summed E-state index contributed by atoms with van der Waals surface area (Å²) < 4.78 is 11.3. The van der Waals surface area contributed by atoms with E-state index in [1.54, 1.807) is 24.1 Å². The van der Waals surface area contributed by atoms with Crippen LogP contribution in [0, 0.1) is 0 Å². The van der Waals surface area contributed by atoms with E-state index in [0.717, 1.165) is 17.5 Å². The van der Waals surface area contributed by atoms with Crippen molar-refractivity contribution in [2.45, 2.75) is 58.9 Å². The molecule has 1 atom stereocenters. The number of carbonyl (C=O) groups excluding carboxylic acids is 2. The van der Waals surface area contributed by atoms with Crippen LogP contribution in [0.5, 0.6) is 11.5 Å². The Morgan fingerprint density at radius 2 is 1.79 bits per heavy atom. The van der Waals surface area contributed by atoms with E-state index >= 15 is 0 Å². The van der Waals surface area contributed by atoms with Crippen LogP contribution in [0.1, 0.15) is 70.2 Å². The Morgan fingerprint density at radius 3 is 2.41 bits per heavy atom. The van der Waals surface area contributed by atoms with Gasteiger partial charge in [0, 0.05) is 17.7 Å². The van der Waals surface area contributed by atoms with Gasteiger partial charge in [0.05, 0.1) is 25.3 Å². The quantitative estimate of drug-likeness (QED) is 0.311. The van der Waals surface area contributed by atoms with Gasteiger partial charge in [-0.25, -0.2) is 0 Å². The number of rotatable bonds is 8. The SMILES string of the molecule is CCCOc1cccc(C2/C(=C(\O)c3ccc(OC)c(C(C)(C)C)c3)C(=O)C(=O)N2CCC)c1. The van der Waals surface area contributed by atoms with Crippen LogP contribution in [-0.2, 0) is 15.0 Å². The molecule has 6 nitrogen and oxygen atoms in total. The monoisotopic (exact) mass is 465 g/mol. The van der Waals surface area contributed by atoms with Gasteiger partial charge < -0.3 is 19.5 Å². The molecule has 0 aliphatic carbocycles. The summed E-state index contributed by atoms with van der Waals surface area (Å²) in [5, 5.41) is 11.4. The van der Waals surface area contributed by atoms with Crippen molar-refractivity contribution in [3.8, 4) is 11.5 Å². The molecule has 1 aliphatic rings. The van der Waals surface area contributed by atoms with Gasteiger partial charge >= 0.3 is 0 Å². The summed E-state index contributed by atoms with van der Waals surface area (Å²) >= 11 is 0.